The third-order valence-corrected chi connectivity index (χ3v) is 4.70. The molecule has 0 amide bonds. The number of ether oxygens (including phenoxy) is 2. The minimum atomic E-state index is -0.00268. The van der Waals surface area contributed by atoms with Crippen molar-refractivity contribution < 1.29 is 9.47 Å². The van der Waals surface area contributed by atoms with Crippen molar-refractivity contribution in [3.8, 4) is 0 Å². The third kappa shape index (κ3) is 6.92. The van der Waals surface area contributed by atoms with Crippen LogP contribution in [0.25, 0.3) is 0 Å². The summed E-state index contributed by atoms with van der Waals surface area (Å²) in [7, 11) is 6.00. The van der Waals surface area contributed by atoms with Crippen molar-refractivity contribution in [2.45, 2.75) is 24.3 Å². The minimum absolute atomic E-state index is 0. The molecule has 0 saturated heterocycles. The van der Waals surface area contributed by atoms with Crippen molar-refractivity contribution in [2.75, 3.05) is 14.2 Å². The molecule has 90 valence electrons. The van der Waals surface area contributed by atoms with E-state index in [0.717, 1.165) is 0 Å². The maximum absolute atomic E-state index is 7.40. The molecule has 2 N–H and O–H groups in total. The lowest BCUT2D eigenvalue weighted by Gasteiger charge is -2.14. The SMILES string of the molecule is COC(=N)C(C)SSC(C)C(=N)OC.Cl. The lowest BCUT2D eigenvalue weighted by Crippen LogP contribution is -2.16. The standard InChI is InChI=1S/C8H16N2O2S2.ClH/c1-5(7(9)11-3)13-14-6(2)8(10)12-4;/h5-6,9-10H,1-4H3;1H. The molecule has 2 unspecified atom stereocenters. The lowest BCUT2D eigenvalue weighted by molar-refractivity contribution is 0.389. The molecule has 0 aromatic rings. The van der Waals surface area contributed by atoms with Crippen LogP contribution in [0.2, 0.25) is 0 Å². The van der Waals surface area contributed by atoms with Crippen LogP contribution in [0.3, 0.4) is 0 Å². The van der Waals surface area contributed by atoms with Crippen LogP contribution in [0.4, 0.5) is 0 Å². The summed E-state index contributed by atoms with van der Waals surface area (Å²) in [5, 5.41) is 14.8. The molecule has 0 heterocycles. The van der Waals surface area contributed by atoms with Crippen molar-refractivity contribution >= 4 is 45.8 Å². The molecule has 15 heavy (non-hydrogen) atoms. The molecule has 0 rings (SSSR count). The number of rotatable bonds is 5. The van der Waals surface area contributed by atoms with E-state index in [9.17, 15) is 0 Å². The van der Waals surface area contributed by atoms with Gasteiger partial charge in [0.15, 0.2) is 11.8 Å². The van der Waals surface area contributed by atoms with Gasteiger partial charge in [-0.05, 0) is 13.8 Å². The minimum Gasteiger partial charge on any atom is -0.484 e. The summed E-state index contributed by atoms with van der Waals surface area (Å²) in [4.78, 5) is 0. The first kappa shape index (κ1) is 17.3. The van der Waals surface area contributed by atoms with E-state index in [1.165, 1.54) is 35.8 Å². The summed E-state index contributed by atoms with van der Waals surface area (Å²) in [5.74, 6) is 0.497. The van der Waals surface area contributed by atoms with Gasteiger partial charge in [-0.15, -0.1) is 12.4 Å². The Bertz CT molecular complexity index is 195. The topological polar surface area (TPSA) is 66.2 Å². The van der Waals surface area contributed by atoms with E-state index in [1.807, 2.05) is 13.8 Å². The van der Waals surface area contributed by atoms with Gasteiger partial charge in [0, 0.05) is 0 Å². The molecule has 0 spiro atoms. The highest BCUT2D eigenvalue weighted by Crippen LogP contribution is 2.31. The first-order valence-electron chi connectivity index (χ1n) is 4.09. The molecule has 4 nitrogen and oxygen atoms in total. The summed E-state index contributed by atoms with van der Waals surface area (Å²) >= 11 is 0. The van der Waals surface area contributed by atoms with Crippen LogP contribution < -0.4 is 0 Å². The van der Waals surface area contributed by atoms with E-state index in [0.29, 0.717) is 0 Å². The zero-order valence-electron chi connectivity index (χ0n) is 9.20. The lowest BCUT2D eigenvalue weighted by atomic mass is 10.5. The van der Waals surface area contributed by atoms with E-state index in [1.54, 1.807) is 0 Å². The Morgan fingerprint density at radius 1 is 0.933 bits per heavy atom. The van der Waals surface area contributed by atoms with Gasteiger partial charge in [-0.2, -0.15) is 0 Å². The van der Waals surface area contributed by atoms with Crippen LogP contribution in [0, 0.1) is 10.8 Å². The predicted molar refractivity (Wildman–Crippen MR) is 70.8 cm³/mol. The first-order chi connectivity index (χ1) is 6.52. The van der Waals surface area contributed by atoms with Gasteiger partial charge < -0.3 is 9.47 Å². The molecule has 0 aliphatic carbocycles. The quantitative estimate of drug-likeness (QED) is 0.459. The Hall–Kier alpha value is -0.0700. The van der Waals surface area contributed by atoms with Crippen LogP contribution >= 0.6 is 34.0 Å². The smallest absolute Gasteiger partial charge is 0.194 e. The van der Waals surface area contributed by atoms with E-state index < -0.39 is 0 Å². The molecule has 0 aromatic heterocycles. The molecule has 0 aliphatic heterocycles. The molecule has 0 fully saturated rings. The first-order valence-corrected chi connectivity index (χ1v) is 6.37. The molecule has 0 aliphatic rings. The Labute approximate surface area is 105 Å². The average Bonchev–Trinajstić information content (AvgIpc) is 2.22. The predicted octanol–water partition coefficient (Wildman–Crippen LogP) is 2.81. The zero-order valence-corrected chi connectivity index (χ0v) is 11.6. The zero-order chi connectivity index (χ0) is 11.1. The third-order valence-electron chi connectivity index (χ3n) is 1.52. The molecular formula is C8H17ClN2O2S2. The fraction of sp³-hybridized carbons (Fsp3) is 0.750. The van der Waals surface area contributed by atoms with Crippen molar-refractivity contribution in [1.82, 2.24) is 0 Å². The van der Waals surface area contributed by atoms with E-state index >= 15 is 0 Å². The largest absolute Gasteiger partial charge is 0.484 e. The maximum Gasteiger partial charge on any atom is 0.194 e. The molecule has 0 radical (unpaired) electrons. The molecule has 7 heteroatoms. The van der Waals surface area contributed by atoms with Crippen LogP contribution in [-0.2, 0) is 9.47 Å². The van der Waals surface area contributed by atoms with Gasteiger partial charge in [-0.25, -0.2) is 0 Å². The summed E-state index contributed by atoms with van der Waals surface area (Å²) in [5.41, 5.74) is 0. The average molecular weight is 273 g/mol. The van der Waals surface area contributed by atoms with Crippen molar-refractivity contribution in [3.05, 3.63) is 0 Å². The van der Waals surface area contributed by atoms with Gasteiger partial charge in [-0.1, -0.05) is 21.6 Å². The number of halogens is 1. The fourth-order valence-electron chi connectivity index (χ4n) is 0.586. The highest BCUT2D eigenvalue weighted by molar-refractivity contribution is 8.77. The van der Waals surface area contributed by atoms with Crippen molar-refractivity contribution in [3.63, 3.8) is 0 Å². The van der Waals surface area contributed by atoms with Crippen LogP contribution in [-0.4, -0.2) is 36.5 Å². The van der Waals surface area contributed by atoms with E-state index in [4.69, 9.17) is 20.3 Å². The number of hydrogen-bond donors (Lipinski definition) is 2. The molecule has 0 bridgehead atoms. The Morgan fingerprint density at radius 2 is 1.20 bits per heavy atom. The van der Waals surface area contributed by atoms with Crippen LogP contribution in [0.1, 0.15) is 13.8 Å². The number of methoxy groups -OCH3 is 2. The van der Waals surface area contributed by atoms with Crippen LogP contribution in [0.15, 0.2) is 0 Å². The summed E-state index contributed by atoms with van der Waals surface area (Å²) in [6, 6.07) is 0. The van der Waals surface area contributed by atoms with Gasteiger partial charge in [0.1, 0.15) is 0 Å². The number of hydrogen-bond acceptors (Lipinski definition) is 6. The molecule has 0 saturated carbocycles. The molecular weight excluding hydrogens is 256 g/mol. The van der Waals surface area contributed by atoms with Crippen molar-refractivity contribution in [1.29, 1.82) is 10.8 Å². The second kappa shape index (κ2) is 9.18. The Balaban J connectivity index is 0. The van der Waals surface area contributed by atoms with Gasteiger partial charge in [-0.3, -0.25) is 10.8 Å². The number of nitrogens with one attached hydrogen (secondary N) is 2. The Morgan fingerprint density at radius 3 is 1.40 bits per heavy atom. The van der Waals surface area contributed by atoms with Gasteiger partial charge in [0.2, 0.25) is 0 Å². The Kier molecular flexibility index (Phi) is 10.6. The van der Waals surface area contributed by atoms with E-state index in [-0.39, 0.29) is 34.7 Å². The molecule has 0 aromatic carbocycles. The van der Waals surface area contributed by atoms with Gasteiger partial charge in [0.25, 0.3) is 0 Å². The summed E-state index contributed by atoms with van der Waals surface area (Å²) < 4.78 is 9.59. The van der Waals surface area contributed by atoms with Crippen LogP contribution in [0.5, 0.6) is 0 Å². The fourth-order valence-corrected chi connectivity index (χ4v) is 2.81. The van der Waals surface area contributed by atoms with Crippen molar-refractivity contribution in [2.24, 2.45) is 0 Å². The second-order valence-electron chi connectivity index (χ2n) is 2.61. The summed E-state index contributed by atoms with van der Waals surface area (Å²) in [6.07, 6.45) is 0. The van der Waals surface area contributed by atoms with Gasteiger partial charge >= 0.3 is 0 Å². The second-order valence-corrected chi connectivity index (χ2v) is 5.57. The van der Waals surface area contributed by atoms with E-state index in [2.05, 4.69) is 0 Å². The maximum atomic E-state index is 7.40. The summed E-state index contributed by atoms with van der Waals surface area (Å²) in [6.45, 7) is 3.79. The molecule has 2 atom stereocenters. The normalized spacial score (nSPS) is 13.3. The van der Waals surface area contributed by atoms with Gasteiger partial charge in [0.05, 0.1) is 24.7 Å². The highest BCUT2D eigenvalue weighted by Gasteiger charge is 2.15. The highest BCUT2D eigenvalue weighted by atomic mass is 35.5. The monoisotopic (exact) mass is 272 g/mol.